The van der Waals surface area contributed by atoms with Gasteiger partial charge in [-0.2, -0.15) is 9.61 Å². The smallest absolute Gasteiger partial charge is 0.270 e. The standard InChI is InChI=1S/C14H12N4O3S/c1-2-4-12-16-17-11(8-19)13(15-14(17)22-12)9-5-3-6-10(7-9)18(20)21/h3,5-8H,2,4H2,1H3. The number of aldehydes is 1. The number of nitro benzene ring substituents is 1. The van der Waals surface area contributed by atoms with Crippen LogP contribution in [0.3, 0.4) is 0 Å². The summed E-state index contributed by atoms with van der Waals surface area (Å²) in [6.45, 7) is 2.05. The molecule has 0 amide bonds. The molecule has 0 spiro atoms. The Morgan fingerprint density at radius 3 is 2.95 bits per heavy atom. The Hall–Kier alpha value is -2.61. The van der Waals surface area contributed by atoms with E-state index in [2.05, 4.69) is 17.0 Å². The lowest BCUT2D eigenvalue weighted by molar-refractivity contribution is -0.384. The van der Waals surface area contributed by atoms with Gasteiger partial charge in [-0.05, 0) is 6.42 Å². The number of fused-ring (bicyclic) bond motifs is 1. The van der Waals surface area contributed by atoms with Crippen LogP contribution in [-0.2, 0) is 6.42 Å². The maximum absolute atomic E-state index is 11.4. The Kier molecular flexibility index (Phi) is 3.68. The zero-order valence-corrected chi connectivity index (χ0v) is 12.5. The van der Waals surface area contributed by atoms with E-state index in [1.54, 1.807) is 12.1 Å². The molecule has 0 aliphatic heterocycles. The minimum absolute atomic E-state index is 0.0367. The first-order chi connectivity index (χ1) is 10.6. The number of non-ortho nitro benzene ring substituents is 1. The SMILES string of the molecule is CCCc1nn2c(C=O)c(-c3cccc([N+](=O)[O-])c3)nc2s1. The van der Waals surface area contributed by atoms with Gasteiger partial charge in [-0.15, -0.1) is 0 Å². The minimum atomic E-state index is -0.472. The van der Waals surface area contributed by atoms with Gasteiger partial charge in [0.05, 0.1) is 4.92 Å². The monoisotopic (exact) mass is 316 g/mol. The molecule has 0 aliphatic carbocycles. The van der Waals surface area contributed by atoms with Crippen molar-refractivity contribution in [3.8, 4) is 11.3 Å². The van der Waals surface area contributed by atoms with Crippen molar-refractivity contribution in [1.82, 2.24) is 14.6 Å². The molecule has 0 saturated carbocycles. The molecule has 3 rings (SSSR count). The summed E-state index contributed by atoms with van der Waals surface area (Å²) in [7, 11) is 0. The first-order valence-corrected chi connectivity index (χ1v) is 7.54. The lowest BCUT2D eigenvalue weighted by Crippen LogP contribution is -1.95. The Bertz CT molecular complexity index is 868. The summed E-state index contributed by atoms with van der Waals surface area (Å²) in [6, 6.07) is 6.08. The predicted octanol–water partition coefficient (Wildman–Crippen LogP) is 3.13. The largest absolute Gasteiger partial charge is 0.296 e. The second kappa shape index (κ2) is 5.64. The molecule has 0 saturated heterocycles. The molecule has 22 heavy (non-hydrogen) atoms. The third-order valence-corrected chi connectivity index (χ3v) is 4.15. The molecule has 0 radical (unpaired) electrons. The molecule has 0 N–H and O–H groups in total. The molecule has 0 atom stereocenters. The highest BCUT2D eigenvalue weighted by Gasteiger charge is 2.18. The van der Waals surface area contributed by atoms with Gasteiger partial charge >= 0.3 is 0 Å². The highest BCUT2D eigenvalue weighted by Crippen LogP contribution is 2.28. The predicted molar refractivity (Wildman–Crippen MR) is 82.3 cm³/mol. The van der Waals surface area contributed by atoms with E-state index >= 15 is 0 Å². The summed E-state index contributed by atoms with van der Waals surface area (Å²) in [5, 5.41) is 16.2. The van der Waals surface area contributed by atoms with E-state index < -0.39 is 4.92 Å². The zero-order chi connectivity index (χ0) is 15.7. The molecule has 0 fully saturated rings. The van der Waals surface area contributed by atoms with Crippen molar-refractivity contribution >= 4 is 28.3 Å². The molecule has 0 bridgehead atoms. The minimum Gasteiger partial charge on any atom is -0.296 e. The van der Waals surface area contributed by atoms with Gasteiger partial charge in [0.15, 0.2) is 6.29 Å². The number of carbonyl (C=O) groups excluding carboxylic acids is 1. The van der Waals surface area contributed by atoms with E-state index in [-0.39, 0.29) is 5.69 Å². The van der Waals surface area contributed by atoms with Crippen molar-refractivity contribution in [3.05, 3.63) is 45.1 Å². The van der Waals surface area contributed by atoms with Crippen molar-refractivity contribution in [3.63, 3.8) is 0 Å². The van der Waals surface area contributed by atoms with Crippen LogP contribution < -0.4 is 0 Å². The molecule has 7 nitrogen and oxygen atoms in total. The van der Waals surface area contributed by atoms with Crippen molar-refractivity contribution < 1.29 is 9.72 Å². The maximum atomic E-state index is 11.4. The number of hydrogen-bond donors (Lipinski definition) is 0. The van der Waals surface area contributed by atoms with Gasteiger partial charge in [0.1, 0.15) is 16.4 Å². The van der Waals surface area contributed by atoms with Gasteiger partial charge < -0.3 is 0 Å². The van der Waals surface area contributed by atoms with Crippen LogP contribution in [0.1, 0.15) is 28.8 Å². The van der Waals surface area contributed by atoms with Gasteiger partial charge in [0, 0.05) is 24.1 Å². The number of hydrogen-bond acceptors (Lipinski definition) is 6. The Morgan fingerprint density at radius 1 is 1.45 bits per heavy atom. The van der Waals surface area contributed by atoms with Crippen molar-refractivity contribution in [2.45, 2.75) is 19.8 Å². The fourth-order valence-electron chi connectivity index (χ4n) is 2.20. The van der Waals surface area contributed by atoms with E-state index in [0.29, 0.717) is 28.2 Å². The molecular weight excluding hydrogens is 304 g/mol. The Morgan fingerprint density at radius 2 is 2.27 bits per heavy atom. The normalized spacial score (nSPS) is 11.0. The van der Waals surface area contributed by atoms with Crippen molar-refractivity contribution in [2.75, 3.05) is 0 Å². The van der Waals surface area contributed by atoms with Crippen LogP contribution in [0, 0.1) is 10.1 Å². The van der Waals surface area contributed by atoms with Crippen LogP contribution in [0.2, 0.25) is 0 Å². The number of aromatic nitrogens is 3. The molecule has 0 unspecified atom stereocenters. The average molecular weight is 316 g/mol. The molecule has 8 heteroatoms. The van der Waals surface area contributed by atoms with E-state index in [1.165, 1.54) is 28.0 Å². The van der Waals surface area contributed by atoms with Crippen LogP contribution in [0.15, 0.2) is 24.3 Å². The summed E-state index contributed by atoms with van der Waals surface area (Å²) < 4.78 is 1.51. The number of rotatable bonds is 5. The van der Waals surface area contributed by atoms with Gasteiger partial charge in [-0.3, -0.25) is 14.9 Å². The quantitative estimate of drug-likeness (QED) is 0.410. The molecule has 1 aromatic carbocycles. The summed E-state index contributed by atoms with van der Waals surface area (Å²) in [6.07, 6.45) is 2.48. The zero-order valence-electron chi connectivity index (χ0n) is 11.7. The number of benzene rings is 1. The lowest BCUT2D eigenvalue weighted by Gasteiger charge is -1.98. The van der Waals surface area contributed by atoms with Gasteiger partial charge in [-0.25, -0.2) is 4.98 Å². The third-order valence-electron chi connectivity index (χ3n) is 3.19. The molecule has 2 heterocycles. The summed E-state index contributed by atoms with van der Waals surface area (Å²) >= 11 is 1.43. The first-order valence-electron chi connectivity index (χ1n) is 6.72. The number of carbonyl (C=O) groups is 1. The van der Waals surface area contributed by atoms with Crippen LogP contribution in [0.25, 0.3) is 16.2 Å². The molecule has 112 valence electrons. The highest BCUT2D eigenvalue weighted by molar-refractivity contribution is 7.16. The fourth-order valence-corrected chi connectivity index (χ4v) is 3.21. The van der Waals surface area contributed by atoms with Crippen LogP contribution in [0.5, 0.6) is 0 Å². The molecule has 2 aromatic heterocycles. The van der Waals surface area contributed by atoms with Gasteiger partial charge in [0.2, 0.25) is 4.96 Å². The maximum Gasteiger partial charge on any atom is 0.270 e. The second-order valence-corrected chi connectivity index (χ2v) is 5.75. The van der Waals surface area contributed by atoms with Crippen molar-refractivity contribution in [1.29, 1.82) is 0 Å². The lowest BCUT2D eigenvalue weighted by atomic mass is 10.1. The summed E-state index contributed by atoms with van der Waals surface area (Å²) in [5.41, 5.74) is 1.23. The van der Waals surface area contributed by atoms with Gasteiger partial charge in [-0.1, -0.05) is 30.4 Å². The second-order valence-electron chi connectivity index (χ2n) is 4.71. The van der Waals surface area contributed by atoms with Crippen LogP contribution in [-0.4, -0.2) is 25.8 Å². The first kappa shape index (κ1) is 14.3. The van der Waals surface area contributed by atoms with Gasteiger partial charge in [0.25, 0.3) is 5.69 Å². The Balaban J connectivity index is 2.14. The van der Waals surface area contributed by atoms with E-state index in [1.807, 2.05) is 0 Å². The molecular formula is C14H12N4O3S. The third kappa shape index (κ3) is 2.37. The van der Waals surface area contributed by atoms with Crippen molar-refractivity contribution in [2.24, 2.45) is 0 Å². The topological polar surface area (TPSA) is 90.4 Å². The molecule has 0 aliphatic rings. The number of aryl methyl sites for hydroxylation is 1. The number of nitrogens with zero attached hydrogens (tertiary/aromatic N) is 4. The van der Waals surface area contributed by atoms with Crippen LogP contribution >= 0.6 is 11.3 Å². The van der Waals surface area contributed by atoms with E-state index in [9.17, 15) is 14.9 Å². The summed E-state index contributed by atoms with van der Waals surface area (Å²) in [4.78, 5) is 26.9. The number of nitro groups is 1. The number of imidazole rings is 1. The van der Waals surface area contributed by atoms with Crippen LogP contribution in [0.4, 0.5) is 5.69 Å². The highest BCUT2D eigenvalue weighted by atomic mass is 32.1. The molecule has 3 aromatic rings. The Labute approximate surface area is 129 Å². The summed E-state index contributed by atoms with van der Waals surface area (Å²) in [5.74, 6) is 0. The van der Waals surface area contributed by atoms with E-state index in [0.717, 1.165) is 17.8 Å². The average Bonchev–Trinajstić information content (AvgIpc) is 3.04. The van der Waals surface area contributed by atoms with E-state index in [4.69, 9.17) is 0 Å². The fraction of sp³-hybridized carbons (Fsp3) is 0.214.